The number of aliphatic imine (C=N–C) groups is 1. The molecule has 0 aliphatic rings. The average molecular weight is 155 g/mol. The van der Waals surface area contributed by atoms with E-state index in [1.807, 2.05) is 5.16 Å². The summed E-state index contributed by atoms with van der Waals surface area (Å²) < 4.78 is 0. The third kappa shape index (κ3) is 3.69. The van der Waals surface area contributed by atoms with Crippen molar-refractivity contribution >= 4 is 29.1 Å². The van der Waals surface area contributed by atoms with Crippen LogP contribution in [0.3, 0.4) is 0 Å². The van der Waals surface area contributed by atoms with Crippen LogP contribution in [0.15, 0.2) is 4.99 Å². The number of thiocarbonyl (C=S) groups is 1. The number of hydrogen-bond acceptors (Lipinski definition) is 5. The minimum absolute atomic E-state index is 0.715. The number of hydrogen-bond donors (Lipinski definition) is 0. The molecular weight excluding hydrogens is 154 g/mol. The van der Waals surface area contributed by atoms with E-state index in [1.165, 1.54) is 0 Å². The highest BCUT2D eigenvalue weighted by molar-refractivity contribution is 8.04. The Bertz CT molecular complexity index is 205. The maximum atomic E-state index is 8.19. The number of nitrogens with zero attached hydrogens (tertiary/aromatic N) is 3. The van der Waals surface area contributed by atoms with E-state index >= 15 is 0 Å². The van der Waals surface area contributed by atoms with Crippen LogP contribution in [-0.4, -0.2) is 10.5 Å². The lowest BCUT2D eigenvalue weighted by molar-refractivity contribution is 1.18. The van der Waals surface area contributed by atoms with Gasteiger partial charge in [0.25, 0.3) is 0 Å². The maximum absolute atomic E-state index is 8.19. The molecule has 0 aromatic rings. The van der Waals surface area contributed by atoms with Crippen molar-refractivity contribution in [3.05, 3.63) is 0 Å². The molecule has 0 bridgehead atoms. The fourth-order valence-corrected chi connectivity index (χ4v) is 0.609. The lowest BCUT2D eigenvalue weighted by atomic mass is 10.7. The standard InChI is InChI=1S/C4HN3S2/c5-1-4(7-3-8)9-2-6/h4H. The maximum Gasteiger partial charge on any atom is 0.205 e. The van der Waals surface area contributed by atoms with Gasteiger partial charge in [-0.25, -0.2) is 4.99 Å². The largest absolute Gasteiger partial charge is 0.205 e. The molecule has 3 nitrogen and oxygen atoms in total. The molecule has 0 radical (unpaired) electrons. The molecule has 44 valence electrons. The van der Waals surface area contributed by atoms with Crippen molar-refractivity contribution < 1.29 is 0 Å². The predicted octanol–water partition coefficient (Wildman–Crippen LogP) is 1.15. The van der Waals surface area contributed by atoms with Crippen LogP contribution in [0, 0.1) is 22.0 Å². The van der Waals surface area contributed by atoms with Gasteiger partial charge in [0.1, 0.15) is 11.5 Å². The smallest absolute Gasteiger partial charge is 0.201 e. The highest BCUT2D eigenvalue weighted by atomic mass is 32.2. The zero-order chi connectivity index (χ0) is 7.11. The zero-order valence-corrected chi connectivity index (χ0v) is 5.87. The normalized spacial score (nSPS) is 10.0. The highest BCUT2D eigenvalue weighted by Crippen LogP contribution is 2.07. The molecular formula is C4HN3S2. The molecule has 5 heteroatoms. The molecule has 1 unspecified atom stereocenters. The van der Waals surface area contributed by atoms with E-state index in [-0.39, 0.29) is 0 Å². The first-order valence-electron chi connectivity index (χ1n) is 1.86. The van der Waals surface area contributed by atoms with Gasteiger partial charge in [-0.05, 0) is 24.0 Å². The molecule has 0 saturated heterocycles. The summed E-state index contributed by atoms with van der Waals surface area (Å²) in [5.41, 5.74) is 0. The molecule has 0 amide bonds. The van der Waals surface area contributed by atoms with E-state index in [2.05, 4.69) is 17.2 Å². The van der Waals surface area contributed by atoms with Crippen LogP contribution in [0.1, 0.15) is 0 Å². The number of nitriles is 2. The van der Waals surface area contributed by atoms with Gasteiger partial charge in [-0.2, -0.15) is 10.5 Å². The SMILES string of the molecule is N#CSC(C#N)N=C=S. The summed E-state index contributed by atoms with van der Waals surface area (Å²) in [7, 11) is 0. The monoisotopic (exact) mass is 155 g/mol. The minimum atomic E-state index is -0.715. The topological polar surface area (TPSA) is 59.9 Å². The molecule has 0 aromatic heterocycles. The lowest BCUT2D eigenvalue weighted by Gasteiger charge is -1.86. The summed E-state index contributed by atoms with van der Waals surface area (Å²) in [4.78, 5) is 3.38. The van der Waals surface area contributed by atoms with Gasteiger partial charge < -0.3 is 0 Å². The van der Waals surface area contributed by atoms with Crippen LogP contribution in [0.5, 0.6) is 0 Å². The number of rotatable bonds is 2. The number of isothiocyanates is 1. The summed E-state index contributed by atoms with van der Waals surface area (Å²) in [6.07, 6.45) is 0. The first-order chi connectivity index (χ1) is 4.35. The van der Waals surface area contributed by atoms with Crippen molar-refractivity contribution in [1.82, 2.24) is 0 Å². The summed E-state index contributed by atoms with van der Waals surface area (Å²) in [5.74, 6) is 0. The van der Waals surface area contributed by atoms with Crippen molar-refractivity contribution in [3.8, 4) is 11.5 Å². The first kappa shape index (κ1) is 8.13. The highest BCUT2D eigenvalue weighted by Gasteiger charge is 2.01. The summed E-state index contributed by atoms with van der Waals surface area (Å²) >= 11 is 4.97. The van der Waals surface area contributed by atoms with Crippen LogP contribution >= 0.6 is 24.0 Å². The lowest BCUT2D eigenvalue weighted by Crippen LogP contribution is -1.88. The second kappa shape index (κ2) is 5.27. The van der Waals surface area contributed by atoms with Crippen LogP contribution in [0.25, 0.3) is 0 Å². The number of thioether (sulfide) groups is 1. The molecule has 0 rings (SSSR count). The van der Waals surface area contributed by atoms with E-state index in [0.717, 1.165) is 11.8 Å². The third-order valence-electron chi connectivity index (χ3n) is 0.445. The van der Waals surface area contributed by atoms with Crippen LogP contribution < -0.4 is 0 Å². The Morgan fingerprint density at radius 3 is 2.56 bits per heavy atom. The van der Waals surface area contributed by atoms with E-state index in [1.54, 1.807) is 11.5 Å². The Kier molecular flexibility index (Phi) is 4.76. The van der Waals surface area contributed by atoms with Crippen LogP contribution in [-0.2, 0) is 0 Å². The Morgan fingerprint density at radius 1 is 1.56 bits per heavy atom. The second-order valence-corrected chi connectivity index (χ2v) is 1.96. The molecule has 0 aromatic carbocycles. The molecule has 0 spiro atoms. The van der Waals surface area contributed by atoms with Crippen molar-refractivity contribution in [3.63, 3.8) is 0 Å². The van der Waals surface area contributed by atoms with Crippen LogP contribution in [0.2, 0.25) is 0 Å². The molecule has 0 fully saturated rings. The van der Waals surface area contributed by atoms with Gasteiger partial charge in [-0.1, -0.05) is 0 Å². The van der Waals surface area contributed by atoms with E-state index in [0.29, 0.717) is 0 Å². The Morgan fingerprint density at radius 2 is 2.22 bits per heavy atom. The van der Waals surface area contributed by atoms with Gasteiger partial charge in [-0.15, -0.1) is 0 Å². The van der Waals surface area contributed by atoms with E-state index in [9.17, 15) is 0 Å². The van der Waals surface area contributed by atoms with Gasteiger partial charge in [0.2, 0.25) is 5.37 Å². The fourth-order valence-electron chi connectivity index (χ4n) is 0.179. The van der Waals surface area contributed by atoms with Crippen molar-refractivity contribution in [2.45, 2.75) is 5.37 Å². The second-order valence-electron chi connectivity index (χ2n) is 0.911. The predicted molar refractivity (Wildman–Crippen MR) is 37.6 cm³/mol. The number of thiocyanates is 1. The van der Waals surface area contributed by atoms with Crippen molar-refractivity contribution in [2.24, 2.45) is 4.99 Å². The molecule has 9 heavy (non-hydrogen) atoms. The van der Waals surface area contributed by atoms with Crippen molar-refractivity contribution in [2.75, 3.05) is 0 Å². The Labute approximate surface area is 62.0 Å². The summed E-state index contributed by atoms with van der Waals surface area (Å²) in [6, 6.07) is 1.75. The van der Waals surface area contributed by atoms with E-state index in [4.69, 9.17) is 10.5 Å². The van der Waals surface area contributed by atoms with Gasteiger partial charge in [0.05, 0.1) is 5.16 Å². The molecule has 1 atom stereocenters. The van der Waals surface area contributed by atoms with Crippen LogP contribution in [0.4, 0.5) is 0 Å². The molecule has 0 aliphatic heterocycles. The first-order valence-corrected chi connectivity index (χ1v) is 3.15. The minimum Gasteiger partial charge on any atom is -0.201 e. The van der Waals surface area contributed by atoms with Gasteiger partial charge >= 0.3 is 0 Å². The van der Waals surface area contributed by atoms with Gasteiger partial charge in [0.15, 0.2) is 0 Å². The van der Waals surface area contributed by atoms with Gasteiger partial charge in [-0.3, -0.25) is 0 Å². The summed E-state index contributed by atoms with van der Waals surface area (Å²) in [6.45, 7) is 0. The molecule has 0 heterocycles. The Hall–Kier alpha value is -0.870. The molecule has 0 N–H and O–H groups in total. The van der Waals surface area contributed by atoms with E-state index < -0.39 is 5.37 Å². The quantitative estimate of drug-likeness (QED) is 0.341. The zero-order valence-electron chi connectivity index (χ0n) is 4.24. The average Bonchev–Trinajstić information content (AvgIpc) is 1.88. The fraction of sp³-hybridized carbons (Fsp3) is 0.250. The van der Waals surface area contributed by atoms with Crippen molar-refractivity contribution in [1.29, 1.82) is 10.5 Å². The van der Waals surface area contributed by atoms with Gasteiger partial charge in [0, 0.05) is 0 Å². The molecule has 0 saturated carbocycles. The third-order valence-corrected chi connectivity index (χ3v) is 1.09. The molecule has 0 aliphatic carbocycles. The Balaban J connectivity index is 3.90. The summed E-state index contributed by atoms with van der Waals surface area (Å²) in [5, 5.41) is 19.2.